The first-order valence-electron chi connectivity index (χ1n) is 5.92. The highest BCUT2D eigenvalue weighted by Gasteiger charge is 2.48. The van der Waals surface area contributed by atoms with Gasteiger partial charge in [-0.1, -0.05) is 27.7 Å². The molecule has 0 aromatic rings. The molecular formula is C12H23NO3. The standard InChI is InChI=1S/C12H23NO3/c1-7(2)5-8(11(15)16)13-9-6-10(14)12(9,3)4/h7-10,13-14H,5-6H2,1-4H3,(H,15,16). The minimum Gasteiger partial charge on any atom is -0.480 e. The number of aliphatic hydroxyl groups is 1. The number of rotatable bonds is 5. The first-order valence-corrected chi connectivity index (χ1v) is 5.92. The van der Waals surface area contributed by atoms with Crippen LogP contribution in [-0.4, -0.2) is 34.4 Å². The maximum atomic E-state index is 11.1. The molecule has 4 heteroatoms. The monoisotopic (exact) mass is 229 g/mol. The number of hydrogen-bond acceptors (Lipinski definition) is 3. The first-order chi connectivity index (χ1) is 7.25. The summed E-state index contributed by atoms with van der Waals surface area (Å²) in [6.07, 6.45) is 0.950. The molecule has 1 aliphatic rings. The molecule has 3 N–H and O–H groups in total. The smallest absolute Gasteiger partial charge is 0.320 e. The van der Waals surface area contributed by atoms with Crippen LogP contribution in [0.1, 0.15) is 40.5 Å². The Hall–Kier alpha value is -0.610. The van der Waals surface area contributed by atoms with E-state index in [1.165, 1.54) is 0 Å². The summed E-state index contributed by atoms with van der Waals surface area (Å²) >= 11 is 0. The lowest BCUT2D eigenvalue weighted by molar-refractivity contribution is -0.142. The predicted octanol–water partition coefficient (Wildman–Crippen LogP) is 1.23. The van der Waals surface area contributed by atoms with E-state index >= 15 is 0 Å². The summed E-state index contributed by atoms with van der Waals surface area (Å²) in [7, 11) is 0. The van der Waals surface area contributed by atoms with Crippen molar-refractivity contribution in [2.24, 2.45) is 11.3 Å². The Morgan fingerprint density at radius 3 is 2.38 bits per heavy atom. The molecule has 1 fully saturated rings. The molecule has 0 saturated heterocycles. The van der Waals surface area contributed by atoms with Gasteiger partial charge in [0.2, 0.25) is 0 Å². The van der Waals surface area contributed by atoms with Gasteiger partial charge in [-0.05, 0) is 18.8 Å². The van der Waals surface area contributed by atoms with E-state index in [9.17, 15) is 9.90 Å². The van der Waals surface area contributed by atoms with Crippen LogP contribution >= 0.6 is 0 Å². The van der Waals surface area contributed by atoms with Crippen molar-refractivity contribution in [3.05, 3.63) is 0 Å². The van der Waals surface area contributed by atoms with Gasteiger partial charge in [0.05, 0.1) is 6.10 Å². The van der Waals surface area contributed by atoms with Crippen molar-refractivity contribution in [2.75, 3.05) is 0 Å². The zero-order valence-corrected chi connectivity index (χ0v) is 10.5. The number of nitrogens with one attached hydrogen (secondary N) is 1. The lowest BCUT2D eigenvalue weighted by Gasteiger charge is -2.50. The van der Waals surface area contributed by atoms with E-state index in [1.54, 1.807) is 0 Å². The molecule has 3 atom stereocenters. The van der Waals surface area contributed by atoms with Crippen molar-refractivity contribution >= 4 is 5.97 Å². The van der Waals surface area contributed by atoms with Crippen LogP contribution < -0.4 is 5.32 Å². The first kappa shape index (κ1) is 13.5. The molecule has 1 saturated carbocycles. The fourth-order valence-electron chi connectivity index (χ4n) is 2.14. The zero-order valence-electron chi connectivity index (χ0n) is 10.5. The molecule has 94 valence electrons. The Bertz CT molecular complexity index is 263. The van der Waals surface area contributed by atoms with Gasteiger partial charge < -0.3 is 15.5 Å². The summed E-state index contributed by atoms with van der Waals surface area (Å²) in [4.78, 5) is 11.1. The Kier molecular flexibility index (Phi) is 3.97. The average molecular weight is 229 g/mol. The van der Waals surface area contributed by atoms with Crippen molar-refractivity contribution in [3.63, 3.8) is 0 Å². The van der Waals surface area contributed by atoms with Crippen LogP contribution in [0.2, 0.25) is 0 Å². The molecule has 1 aliphatic carbocycles. The molecule has 16 heavy (non-hydrogen) atoms. The zero-order chi connectivity index (χ0) is 12.5. The van der Waals surface area contributed by atoms with Crippen LogP contribution in [0.3, 0.4) is 0 Å². The summed E-state index contributed by atoms with van der Waals surface area (Å²) in [6.45, 7) is 7.96. The molecule has 0 bridgehead atoms. The highest BCUT2D eigenvalue weighted by Crippen LogP contribution is 2.40. The molecule has 0 aromatic carbocycles. The fourth-order valence-corrected chi connectivity index (χ4v) is 2.14. The SMILES string of the molecule is CC(C)CC(NC1CC(O)C1(C)C)C(=O)O. The van der Waals surface area contributed by atoms with Gasteiger partial charge in [-0.15, -0.1) is 0 Å². The molecule has 0 heterocycles. The molecule has 3 unspecified atom stereocenters. The maximum Gasteiger partial charge on any atom is 0.320 e. The number of hydrogen-bond donors (Lipinski definition) is 3. The van der Waals surface area contributed by atoms with E-state index in [-0.39, 0.29) is 17.6 Å². The van der Waals surface area contributed by atoms with E-state index in [0.29, 0.717) is 18.8 Å². The molecule has 0 spiro atoms. The van der Waals surface area contributed by atoms with Crippen molar-refractivity contribution in [2.45, 2.75) is 58.7 Å². The van der Waals surface area contributed by atoms with E-state index < -0.39 is 12.0 Å². The summed E-state index contributed by atoms with van der Waals surface area (Å²) in [5.74, 6) is -0.451. The highest BCUT2D eigenvalue weighted by molar-refractivity contribution is 5.73. The summed E-state index contributed by atoms with van der Waals surface area (Å²) in [6, 6.07) is -0.404. The normalized spacial score (nSPS) is 29.9. The van der Waals surface area contributed by atoms with Gasteiger partial charge in [-0.25, -0.2) is 0 Å². The molecular weight excluding hydrogens is 206 g/mol. The van der Waals surface area contributed by atoms with Crippen LogP contribution in [-0.2, 0) is 4.79 Å². The van der Waals surface area contributed by atoms with Gasteiger partial charge in [0.15, 0.2) is 0 Å². The van der Waals surface area contributed by atoms with Gasteiger partial charge in [0, 0.05) is 11.5 Å². The molecule has 0 aliphatic heterocycles. The van der Waals surface area contributed by atoms with Crippen LogP contribution in [0.25, 0.3) is 0 Å². The Morgan fingerprint density at radius 2 is 2.06 bits per heavy atom. The Balaban J connectivity index is 2.54. The van der Waals surface area contributed by atoms with Crippen LogP contribution in [0.5, 0.6) is 0 Å². The summed E-state index contributed by atoms with van der Waals surface area (Å²) in [5, 5.41) is 21.8. The number of carboxylic acids is 1. The Morgan fingerprint density at radius 1 is 1.50 bits per heavy atom. The van der Waals surface area contributed by atoms with Gasteiger partial charge >= 0.3 is 5.97 Å². The van der Waals surface area contributed by atoms with Gasteiger partial charge in [0.25, 0.3) is 0 Å². The lowest BCUT2D eigenvalue weighted by Crippen LogP contribution is -2.63. The van der Waals surface area contributed by atoms with E-state index in [2.05, 4.69) is 5.32 Å². The van der Waals surface area contributed by atoms with Crippen molar-refractivity contribution in [1.29, 1.82) is 0 Å². The summed E-state index contributed by atoms with van der Waals surface area (Å²) in [5.41, 5.74) is -0.218. The quantitative estimate of drug-likeness (QED) is 0.663. The van der Waals surface area contributed by atoms with Gasteiger partial charge in [-0.3, -0.25) is 4.79 Å². The third-order valence-corrected chi connectivity index (χ3v) is 3.62. The van der Waals surface area contributed by atoms with Crippen LogP contribution in [0, 0.1) is 11.3 Å². The minimum absolute atomic E-state index is 0.0994. The van der Waals surface area contributed by atoms with Gasteiger partial charge in [-0.2, -0.15) is 0 Å². The minimum atomic E-state index is -0.800. The van der Waals surface area contributed by atoms with Crippen LogP contribution in [0.15, 0.2) is 0 Å². The van der Waals surface area contributed by atoms with Gasteiger partial charge in [0.1, 0.15) is 6.04 Å². The molecule has 0 aromatic heterocycles. The molecule has 0 amide bonds. The highest BCUT2D eigenvalue weighted by atomic mass is 16.4. The molecule has 1 rings (SSSR count). The van der Waals surface area contributed by atoms with Crippen molar-refractivity contribution < 1.29 is 15.0 Å². The third kappa shape index (κ3) is 2.74. The molecule has 0 radical (unpaired) electrons. The third-order valence-electron chi connectivity index (χ3n) is 3.62. The van der Waals surface area contributed by atoms with Crippen molar-refractivity contribution in [3.8, 4) is 0 Å². The van der Waals surface area contributed by atoms with Crippen LogP contribution in [0.4, 0.5) is 0 Å². The number of carbonyl (C=O) groups is 1. The van der Waals surface area contributed by atoms with E-state index in [4.69, 9.17) is 5.11 Å². The second-order valence-electron chi connectivity index (χ2n) is 5.81. The second kappa shape index (κ2) is 4.72. The Labute approximate surface area is 97.0 Å². The predicted molar refractivity (Wildman–Crippen MR) is 62.2 cm³/mol. The van der Waals surface area contributed by atoms with E-state index in [1.807, 2.05) is 27.7 Å². The number of aliphatic carboxylic acids is 1. The molecule has 4 nitrogen and oxygen atoms in total. The van der Waals surface area contributed by atoms with E-state index in [0.717, 1.165) is 0 Å². The van der Waals surface area contributed by atoms with Crippen molar-refractivity contribution in [1.82, 2.24) is 5.32 Å². The second-order valence-corrected chi connectivity index (χ2v) is 5.81. The largest absolute Gasteiger partial charge is 0.480 e. The number of aliphatic hydroxyl groups excluding tert-OH is 1. The summed E-state index contributed by atoms with van der Waals surface area (Å²) < 4.78 is 0. The lowest BCUT2D eigenvalue weighted by atomic mass is 9.64. The maximum absolute atomic E-state index is 11.1. The fraction of sp³-hybridized carbons (Fsp3) is 0.917. The topological polar surface area (TPSA) is 69.6 Å². The average Bonchev–Trinajstić information content (AvgIpc) is 2.15. The number of carboxylic acid groups (broad SMARTS) is 1.